The number of ether oxygens (including phenoxy) is 1. The van der Waals surface area contributed by atoms with E-state index in [4.69, 9.17) is 16.3 Å². The predicted octanol–water partition coefficient (Wildman–Crippen LogP) is 4.55. The van der Waals surface area contributed by atoms with E-state index in [1.54, 1.807) is 36.4 Å². The van der Waals surface area contributed by atoms with Crippen molar-refractivity contribution in [1.82, 2.24) is 5.43 Å². The number of esters is 1. The van der Waals surface area contributed by atoms with Gasteiger partial charge < -0.3 is 10.1 Å². The van der Waals surface area contributed by atoms with Gasteiger partial charge in [0, 0.05) is 9.50 Å². The maximum atomic E-state index is 13.8. The van der Waals surface area contributed by atoms with Gasteiger partial charge in [0.2, 0.25) is 0 Å². The van der Waals surface area contributed by atoms with Gasteiger partial charge in [0.25, 0.3) is 0 Å². The van der Waals surface area contributed by atoms with Gasteiger partial charge in [-0.3, -0.25) is 9.59 Å². The van der Waals surface area contributed by atoms with Crippen LogP contribution in [-0.2, 0) is 9.59 Å². The molecule has 0 aliphatic heterocycles. The molecule has 10 heteroatoms. The van der Waals surface area contributed by atoms with Crippen molar-refractivity contribution in [2.45, 2.75) is 0 Å². The van der Waals surface area contributed by atoms with Crippen LogP contribution in [-0.4, -0.2) is 24.0 Å². The summed E-state index contributed by atoms with van der Waals surface area (Å²) in [7, 11) is 0. The summed E-state index contributed by atoms with van der Waals surface area (Å²) in [5.74, 6) is -3.23. The van der Waals surface area contributed by atoms with E-state index in [0.717, 1.165) is 6.07 Å². The second-order valence-electron chi connectivity index (χ2n) is 6.25. The molecule has 0 saturated carbocycles. The lowest BCUT2D eigenvalue weighted by Crippen LogP contribution is -2.32. The Morgan fingerprint density at radius 1 is 1.00 bits per heavy atom. The summed E-state index contributed by atoms with van der Waals surface area (Å²) in [5.41, 5.74) is 2.67. The van der Waals surface area contributed by atoms with Crippen LogP contribution in [0.4, 0.5) is 10.1 Å². The maximum absolute atomic E-state index is 13.8. The first-order valence-corrected chi connectivity index (χ1v) is 10.2. The molecule has 0 unspecified atom stereocenters. The standard InChI is InChI=1S/C22H14BrClFN3O4/c23-15-7-8-19(18(25)11-15)27-20(29)21(30)28-26-12-13-3-1-6-17(9-13)32-22(31)14-4-2-5-16(24)10-14/h1-12H,(H,27,29)(H,28,30)/b26-12+. The van der Waals surface area contributed by atoms with Crippen molar-refractivity contribution < 1.29 is 23.5 Å². The Labute approximate surface area is 195 Å². The van der Waals surface area contributed by atoms with Crippen LogP contribution in [0.15, 0.2) is 76.3 Å². The number of rotatable bonds is 5. The fourth-order valence-corrected chi connectivity index (χ4v) is 2.95. The van der Waals surface area contributed by atoms with Gasteiger partial charge in [-0.2, -0.15) is 5.10 Å². The normalized spacial score (nSPS) is 10.6. The first-order chi connectivity index (χ1) is 15.3. The highest BCUT2D eigenvalue weighted by Gasteiger charge is 2.15. The van der Waals surface area contributed by atoms with Crippen LogP contribution in [0.3, 0.4) is 0 Å². The SMILES string of the molecule is O=C(N/N=C/c1cccc(OC(=O)c2cccc(Cl)c2)c1)C(=O)Nc1ccc(Br)cc1F. The Hall–Kier alpha value is -3.56. The number of anilines is 1. The summed E-state index contributed by atoms with van der Waals surface area (Å²) in [6.45, 7) is 0. The third-order valence-corrected chi connectivity index (χ3v) is 4.62. The molecule has 0 aliphatic carbocycles. The molecule has 7 nitrogen and oxygen atoms in total. The molecule has 0 aliphatic rings. The predicted molar refractivity (Wildman–Crippen MR) is 121 cm³/mol. The second-order valence-corrected chi connectivity index (χ2v) is 7.60. The maximum Gasteiger partial charge on any atom is 0.343 e. The summed E-state index contributed by atoms with van der Waals surface area (Å²) < 4.78 is 19.5. The molecule has 0 radical (unpaired) electrons. The van der Waals surface area contributed by atoms with Gasteiger partial charge in [0.05, 0.1) is 17.5 Å². The number of benzene rings is 3. The smallest absolute Gasteiger partial charge is 0.343 e. The minimum atomic E-state index is -1.09. The van der Waals surface area contributed by atoms with E-state index in [1.807, 2.05) is 5.43 Å². The summed E-state index contributed by atoms with van der Waals surface area (Å²) in [5, 5.41) is 6.24. The highest BCUT2D eigenvalue weighted by Crippen LogP contribution is 2.19. The van der Waals surface area contributed by atoms with Gasteiger partial charge in [0.1, 0.15) is 11.6 Å². The summed E-state index contributed by atoms with van der Waals surface area (Å²) in [6.07, 6.45) is 1.25. The highest BCUT2D eigenvalue weighted by atomic mass is 79.9. The molecule has 3 aromatic carbocycles. The van der Waals surface area contributed by atoms with E-state index >= 15 is 0 Å². The molecule has 0 heterocycles. The monoisotopic (exact) mass is 517 g/mol. The Balaban J connectivity index is 1.57. The van der Waals surface area contributed by atoms with Crippen LogP contribution in [0.5, 0.6) is 5.75 Å². The van der Waals surface area contributed by atoms with E-state index in [2.05, 4.69) is 26.3 Å². The quantitative estimate of drug-likeness (QED) is 0.170. The fourth-order valence-electron chi connectivity index (χ4n) is 2.43. The molecular weight excluding hydrogens is 505 g/mol. The Morgan fingerprint density at radius 2 is 1.78 bits per heavy atom. The molecule has 2 amide bonds. The number of carbonyl (C=O) groups excluding carboxylic acids is 3. The molecule has 0 atom stereocenters. The molecule has 3 rings (SSSR count). The summed E-state index contributed by atoms with van der Waals surface area (Å²) in [4.78, 5) is 36.0. The van der Waals surface area contributed by atoms with E-state index in [-0.39, 0.29) is 17.0 Å². The zero-order valence-electron chi connectivity index (χ0n) is 16.1. The average Bonchev–Trinajstić information content (AvgIpc) is 2.76. The van der Waals surface area contributed by atoms with Gasteiger partial charge in [0.15, 0.2) is 0 Å². The molecule has 0 saturated heterocycles. The van der Waals surface area contributed by atoms with Crippen LogP contribution < -0.4 is 15.5 Å². The number of hydrogen-bond acceptors (Lipinski definition) is 5. The number of nitrogens with one attached hydrogen (secondary N) is 2. The molecular formula is C22H14BrClFN3O4. The third-order valence-electron chi connectivity index (χ3n) is 3.89. The van der Waals surface area contributed by atoms with Crippen LogP contribution in [0.2, 0.25) is 5.02 Å². The van der Waals surface area contributed by atoms with Crippen molar-refractivity contribution in [3.05, 3.63) is 93.2 Å². The highest BCUT2D eigenvalue weighted by molar-refractivity contribution is 9.10. The summed E-state index contributed by atoms with van der Waals surface area (Å²) >= 11 is 8.97. The van der Waals surface area contributed by atoms with E-state index in [9.17, 15) is 18.8 Å². The molecule has 0 aromatic heterocycles. The molecule has 2 N–H and O–H groups in total. The topological polar surface area (TPSA) is 96.9 Å². The van der Waals surface area contributed by atoms with Crippen LogP contribution >= 0.6 is 27.5 Å². The Kier molecular flexibility index (Phi) is 7.69. The number of nitrogens with zero attached hydrogens (tertiary/aromatic N) is 1. The number of hydrazone groups is 1. The van der Waals surface area contributed by atoms with Crippen molar-refractivity contribution in [2.24, 2.45) is 5.10 Å². The van der Waals surface area contributed by atoms with Crippen molar-refractivity contribution in [3.63, 3.8) is 0 Å². The zero-order valence-corrected chi connectivity index (χ0v) is 18.5. The largest absolute Gasteiger partial charge is 0.423 e. The minimum Gasteiger partial charge on any atom is -0.423 e. The molecule has 3 aromatic rings. The number of carbonyl (C=O) groups is 3. The van der Waals surface area contributed by atoms with Gasteiger partial charge in [-0.1, -0.05) is 45.7 Å². The van der Waals surface area contributed by atoms with Crippen LogP contribution in [0.25, 0.3) is 0 Å². The second kappa shape index (κ2) is 10.7. The molecule has 0 fully saturated rings. The van der Waals surface area contributed by atoms with Gasteiger partial charge >= 0.3 is 17.8 Å². The molecule has 32 heavy (non-hydrogen) atoms. The van der Waals surface area contributed by atoms with Gasteiger partial charge in [-0.25, -0.2) is 14.6 Å². The van der Waals surface area contributed by atoms with Crippen molar-refractivity contribution in [3.8, 4) is 5.75 Å². The molecule has 162 valence electrons. The lowest BCUT2D eigenvalue weighted by Gasteiger charge is -2.06. The van der Waals surface area contributed by atoms with E-state index in [0.29, 0.717) is 15.1 Å². The fraction of sp³-hybridized carbons (Fsp3) is 0. The van der Waals surface area contributed by atoms with E-state index < -0.39 is 23.6 Å². The molecule has 0 bridgehead atoms. The minimum absolute atomic E-state index is 0.147. The Bertz CT molecular complexity index is 1220. The average molecular weight is 519 g/mol. The Morgan fingerprint density at radius 3 is 2.53 bits per heavy atom. The lowest BCUT2D eigenvalue weighted by molar-refractivity contribution is -0.136. The number of hydrogen-bond donors (Lipinski definition) is 2. The molecule has 0 spiro atoms. The van der Waals surface area contributed by atoms with Crippen molar-refractivity contribution >= 4 is 57.2 Å². The summed E-state index contributed by atoms with van der Waals surface area (Å²) in [6, 6.07) is 16.6. The van der Waals surface area contributed by atoms with Gasteiger partial charge in [-0.05, 0) is 54.1 Å². The third kappa shape index (κ3) is 6.47. The van der Waals surface area contributed by atoms with Crippen LogP contribution in [0, 0.1) is 5.82 Å². The van der Waals surface area contributed by atoms with Crippen molar-refractivity contribution in [2.75, 3.05) is 5.32 Å². The van der Waals surface area contributed by atoms with E-state index in [1.165, 1.54) is 30.5 Å². The first kappa shape index (κ1) is 23.1. The number of halogens is 3. The zero-order chi connectivity index (χ0) is 23.1. The van der Waals surface area contributed by atoms with Gasteiger partial charge in [-0.15, -0.1) is 0 Å². The lowest BCUT2D eigenvalue weighted by atomic mass is 10.2. The van der Waals surface area contributed by atoms with Crippen LogP contribution in [0.1, 0.15) is 15.9 Å². The van der Waals surface area contributed by atoms with Crippen molar-refractivity contribution in [1.29, 1.82) is 0 Å². The first-order valence-electron chi connectivity index (χ1n) is 8.99. The number of amides is 2.